The van der Waals surface area contributed by atoms with Crippen molar-refractivity contribution in [3.05, 3.63) is 58.9 Å². The lowest BCUT2D eigenvalue weighted by atomic mass is 10.1. The van der Waals surface area contributed by atoms with Crippen LogP contribution < -0.4 is 4.90 Å². The van der Waals surface area contributed by atoms with Gasteiger partial charge in [0.1, 0.15) is 5.82 Å². The normalized spacial score (nSPS) is 10.3. The lowest BCUT2D eigenvalue weighted by molar-refractivity contribution is 0.0697. The van der Waals surface area contributed by atoms with E-state index in [2.05, 4.69) is 0 Å². The molecule has 0 aliphatic heterocycles. The first-order valence-electron chi connectivity index (χ1n) is 5.52. The predicted octanol–water partition coefficient (Wildman–Crippen LogP) is 3.95. The SMILES string of the molecule is CN(c1cccc(F)c1)c1c(Cl)cccc1C(=O)O. The van der Waals surface area contributed by atoms with E-state index in [9.17, 15) is 14.3 Å². The van der Waals surface area contributed by atoms with Gasteiger partial charge >= 0.3 is 5.97 Å². The summed E-state index contributed by atoms with van der Waals surface area (Å²) in [6, 6.07) is 10.5. The molecule has 0 bridgehead atoms. The van der Waals surface area contributed by atoms with Crippen molar-refractivity contribution >= 4 is 28.9 Å². The van der Waals surface area contributed by atoms with Crippen molar-refractivity contribution in [2.24, 2.45) is 0 Å². The molecule has 2 rings (SSSR count). The van der Waals surface area contributed by atoms with Crippen LogP contribution >= 0.6 is 11.6 Å². The third kappa shape index (κ3) is 2.69. The Balaban J connectivity index is 2.55. The summed E-state index contributed by atoms with van der Waals surface area (Å²) in [5.41, 5.74) is 0.928. The van der Waals surface area contributed by atoms with Gasteiger partial charge in [0.15, 0.2) is 0 Å². The third-order valence-electron chi connectivity index (χ3n) is 2.75. The smallest absolute Gasteiger partial charge is 0.337 e. The molecular weight excluding hydrogens is 269 g/mol. The quantitative estimate of drug-likeness (QED) is 0.925. The fraction of sp³-hybridized carbons (Fsp3) is 0.0714. The summed E-state index contributed by atoms with van der Waals surface area (Å²) in [5, 5.41) is 9.48. The van der Waals surface area contributed by atoms with E-state index in [0.29, 0.717) is 16.4 Å². The molecular formula is C14H11ClFNO2. The molecule has 0 unspecified atom stereocenters. The van der Waals surface area contributed by atoms with E-state index in [4.69, 9.17) is 11.6 Å². The van der Waals surface area contributed by atoms with E-state index in [0.717, 1.165) is 0 Å². The van der Waals surface area contributed by atoms with Gasteiger partial charge in [0.2, 0.25) is 0 Å². The largest absolute Gasteiger partial charge is 0.478 e. The van der Waals surface area contributed by atoms with E-state index in [1.54, 1.807) is 36.2 Å². The first kappa shape index (κ1) is 13.4. The number of nitrogens with zero attached hydrogens (tertiary/aromatic N) is 1. The van der Waals surface area contributed by atoms with Gasteiger partial charge in [0.25, 0.3) is 0 Å². The fourth-order valence-corrected chi connectivity index (χ4v) is 2.14. The van der Waals surface area contributed by atoms with Gasteiger partial charge in [-0.2, -0.15) is 0 Å². The first-order chi connectivity index (χ1) is 9.00. The maximum absolute atomic E-state index is 13.2. The number of hydrogen-bond donors (Lipinski definition) is 1. The van der Waals surface area contributed by atoms with Crippen LogP contribution in [0, 0.1) is 5.82 Å². The summed E-state index contributed by atoms with van der Waals surface area (Å²) < 4.78 is 13.2. The van der Waals surface area contributed by atoms with Gasteiger partial charge in [-0.3, -0.25) is 0 Å². The van der Waals surface area contributed by atoms with Crippen LogP contribution in [0.3, 0.4) is 0 Å². The summed E-state index contributed by atoms with van der Waals surface area (Å²) in [7, 11) is 1.64. The molecule has 5 heteroatoms. The molecule has 3 nitrogen and oxygen atoms in total. The number of carboxylic acid groups (broad SMARTS) is 1. The van der Waals surface area contributed by atoms with Gasteiger partial charge in [-0.1, -0.05) is 23.7 Å². The molecule has 0 aromatic heterocycles. The highest BCUT2D eigenvalue weighted by atomic mass is 35.5. The van der Waals surface area contributed by atoms with Crippen LogP contribution in [0.2, 0.25) is 5.02 Å². The van der Waals surface area contributed by atoms with Gasteiger partial charge < -0.3 is 10.0 Å². The Hall–Kier alpha value is -2.07. The number of aromatic carboxylic acids is 1. The molecule has 0 heterocycles. The van der Waals surface area contributed by atoms with Crippen LogP contribution in [0.15, 0.2) is 42.5 Å². The highest BCUT2D eigenvalue weighted by molar-refractivity contribution is 6.34. The Morgan fingerprint density at radius 3 is 2.58 bits per heavy atom. The number of anilines is 2. The zero-order valence-electron chi connectivity index (χ0n) is 10.1. The van der Waals surface area contributed by atoms with Crippen LogP contribution in [0.4, 0.5) is 15.8 Å². The number of halogens is 2. The minimum atomic E-state index is -1.08. The monoisotopic (exact) mass is 279 g/mol. The molecule has 0 saturated heterocycles. The Bertz CT molecular complexity index is 631. The summed E-state index contributed by atoms with van der Waals surface area (Å²) in [6.07, 6.45) is 0. The second-order valence-corrected chi connectivity index (χ2v) is 4.39. The summed E-state index contributed by atoms with van der Waals surface area (Å²) in [4.78, 5) is 12.8. The Labute approximate surface area is 114 Å². The van der Waals surface area contributed by atoms with Crippen molar-refractivity contribution in [1.29, 1.82) is 0 Å². The zero-order chi connectivity index (χ0) is 14.0. The predicted molar refractivity (Wildman–Crippen MR) is 72.9 cm³/mol. The van der Waals surface area contributed by atoms with Crippen LogP contribution in [-0.2, 0) is 0 Å². The summed E-state index contributed by atoms with van der Waals surface area (Å²) in [6.45, 7) is 0. The second-order valence-electron chi connectivity index (χ2n) is 3.98. The molecule has 0 aliphatic carbocycles. The molecule has 2 aromatic carbocycles. The minimum Gasteiger partial charge on any atom is -0.478 e. The molecule has 0 aliphatic rings. The molecule has 0 fully saturated rings. The number of rotatable bonds is 3. The average Bonchev–Trinajstić information content (AvgIpc) is 2.37. The van der Waals surface area contributed by atoms with E-state index >= 15 is 0 Å². The van der Waals surface area contributed by atoms with E-state index in [1.807, 2.05) is 0 Å². The highest BCUT2D eigenvalue weighted by Crippen LogP contribution is 2.34. The van der Waals surface area contributed by atoms with Crippen molar-refractivity contribution in [3.63, 3.8) is 0 Å². The standard InChI is InChI=1S/C14H11ClFNO2/c1-17(10-5-2-4-9(16)8-10)13-11(14(18)19)6-3-7-12(13)15/h2-8H,1H3,(H,18,19). The lowest BCUT2D eigenvalue weighted by Gasteiger charge is -2.22. The van der Waals surface area contributed by atoms with Crippen molar-refractivity contribution in [3.8, 4) is 0 Å². The van der Waals surface area contributed by atoms with Crippen LogP contribution in [0.1, 0.15) is 10.4 Å². The summed E-state index contributed by atoms with van der Waals surface area (Å²) in [5.74, 6) is -1.48. The van der Waals surface area contributed by atoms with Gasteiger partial charge in [-0.25, -0.2) is 9.18 Å². The Morgan fingerprint density at radius 1 is 1.26 bits per heavy atom. The molecule has 0 saturated carbocycles. The minimum absolute atomic E-state index is 0.0688. The van der Waals surface area contributed by atoms with Gasteiger partial charge in [0, 0.05) is 12.7 Å². The first-order valence-corrected chi connectivity index (χ1v) is 5.89. The molecule has 0 atom stereocenters. The molecule has 0 amide bonds. The third-order valence-corrected chi connectivity index (χ3v) is 3.05. The maximum Gasteiger partial charge on any atom is 0.337 e. The fourth-order valence-electron chi connectivity index (χ4n) is 1.84. The van der Waals surface area contributed by atoms with Gasteiger partial charge in [-0.05, 0) is 30.3 Å². The molecule has 98 valence electrons. The highest BCUT2D eigenvalue weighted by Gasteiger charge is 2.17. The molecule has 2 aromatic rings. The lowest BCUT2D eigenvalue weighted by Crippen LogP contribution is -2.14. The molecule has 0 spiro atoms. The van der Waals surface area contributed by atoms with Gasteiger partial charge in [-0.15, -0.1) is 0 Å². The van der Waals surface area contributed by atoms with Crippen molar-refractivity contribution in [2.75, 3.05) is 11.9 Å². The number of carboxylic acids is 1. The molecule has 0 radical (unpaired) electrons. The van der Waals surface area contributed by atoms with Crippen LogP contribution in [0.5, 0.6) is 0 Å². The van der Waals surface area contributed by atoms with Crippen molar-refractivity contribution < 1.29 is 14.3 Å². The molecule has 1 N–H and O–H groups in total. The van der Waals surface area contributed by atoms with E-state index < -0.39 is 11.8 Å². The Morgan fingerprint density at radius 2 is 1.95 bits per heavy atom. The van der Waals surface area contributed by atoms with E-state index in [1.165, 1.54) is 18.2 Å². The Kier molecular flexibility index (Phi) is 3.71. The number of hydrogen-bond acceptors (Lipinski definition) is 2. The van der Waals surface area contributed by atoms with Crippen LogP contribution in [0.25, 0.3) is 0 Å². The zero-order valence-corrected chi connectivity index (χ0v) is 10.9. The van der Waals surface area contributed by atoms with Crippen molar-refractivity contribution in [1.82, 2.24) is 0 Å². The van der Waals surface area contributed by atoms with Crippen molar-refractivity contribution in [2.45, 2.75) is 0 Å². The number of benzene rings is 2. The topological polar surface area (TPSA) is 40.5 Å². The van der Waals surface area contributed by atoms with Gasteiger partial charge in [0.05, 0.1) is 16.3 Å². The van der Waals surface area contributed by atoms with Crippen LogP contribution in [-0.4, -0.2) is 18.1 Å². The maximum atomic E-state index is 13.2. The number of para-hydroxylation sites is 1. The summed E-state index contributed by atoms with van der Waals surface area (Å²) >= 11 is 6.06. The average molecular weight is 280 g/mol. The van der Waals surface area contributed by atoms with E-state index in [-0.39, 0.29) is 5.56 Å². The second kappa shape index (κ2) is 5.28. The number of carbonyl (C=O) groups is 1. The molecule has 19 heavy (non-hydrogen) atoms.